The lowest BCUT2D eigenvalue weighted by Gasteiger charge is -2.29. The largest absolute Gasteiger partial charge is 0.370 e. The summed E-state index contributed by atoms with van der Waals surface area (Å²) in [6, 6.07) is 6.55. The Morgan fingerprint density at radius 2 is 1.58 bits per heavy atom. The lowest BCUT2D eigenvalue weighted by Crippen LogP contribution is -2.31. The van der Waals surface area contributed by atoms with Crippen molar-refractivity contribution in [3.63, 3.8) is 0 Å². The van der Waals surface area contributed by atoms with Crippen LogP contribution in [0.25, 0.3) is 0 Å². The number of hydrogen-bond acceptors (Lipinski definition) is 2. The van der Waals surface area contributed by atoms with Gasteiger partial charge in [0.1, 0.15) is 0 Å². The summed E-state index contributed by atoms with van der Waals surface area (Å²) in [5, 5.41) is 0. The minimum absolute atomic E-state index is 0.0778. The maximum absolute atomic E-state index is 5.94. The van der Waals surface area contributed by atoms with Crippen LogP contribution in [0.3, 0.4) is 0 Å². The Morgan fingerprint density at radius 3 is 1.95 bits per heavy atom. The molecule has 0 aliphatic carbocycles. The Morgan fingerprint density at radius 1 is 1.05 bits per heavy atom. The van der Waals surface area contributed by atoms with Crippen LogP contribution >= 0.6 is 15.9 Å². The lowest BCUT2D eigenvalue weighted by atomic mass is 10.1. The molecule has 1 aromatic carbocycles. The van der Waals surface area contributed by atoms with E-state index in [1.54, 1.807) is 0 Å². The predicted molar refractivity (Wildman–Crippen MR) is 88.6 cm³/mol. The summed E-state index contributed by atoms with van der Waals surface area (Å²) in [7, 11) is 0. The van der Waals surface area contributed by atoms with Gasteiger partial charge in [-0.3, -0.25) is 0 Å². The van der Waals surface area contributed by atoms with Crippen molar-refractivity contribution >= 4 is 21.6 Å². The predicted octanol–water partition coefficient (Wildman–Crippen LogP) is 4.59. The fraction of sp³-hybridized carbons (Fsp3) is 0.625. The first-order valence-corrected chi connectivity index (χ1v) is 7.90. The van der Waals surface area contributed by atoms with Crippen LogP contribution in [0.1, 0.15) is 46.2 Å². The summed E-state index contributed by atoms with van der Waals surface area (Å²) in [4.78, 5) is 2.46. The third-order valence-corrected chi connectivity index (χ3v) is 3.64. The summed E-state index contributed by atoms with van der Waals surface area (Å²) < 4.78 is 1.14. The molecule has 1 aromatic rings. The number of nitrogens with two attached hydrogens (primary N) is 1. The molecule has 0 aliphatic heterocycles. The molecule has 0 amide bonds. The van der Waals surface area contributed by atoms with Crippen molar-refractivity contribution in [1.29, 1.82) is 0 Å². The number of rotatable bonds is 6. The van der Waals surface area contributed by atoms with E-state index in [1.807, 2.05) is 6.92 Å². The van der Waals surface area contributed by atoms with Gasteiger partial charge in [0.25, 0.3) is 0 Å². The van der Waals surface area contributed by atoms with Crippen molar-refractivity contribution in [2.75, 3.05) is 18.0 Å². The Balaban J connectivity index is 3.01. The molecule has 0 aliphatic rings. The van der Waals surface area contributed by atoms with Gasteiger partial charge in [-0.2, -0.15) is 0 Å². The molecular weight excluding hydrogens is 300 g/mol. The topological polar surface area (TPSA) is 29.3 Å². The van der Waals surface area contributed by atoms with Gasteiger partial charge in [-0.05, 0) is 52.4 Å². The van der Waals surface area contributed by atoms with Gasteiger partial charge in [0.2, 0.25) is 0 Å². The second-order valence-electron chi connectivity index (χ2n) is 6.19. The van der Waals surface area contributed by atoms with Crippen LogP contribution in [0.4, 0.5) is 5.69 Å². The minimum atomic E-state index is 0.0778. The fourth-order valence-corrected chi connectivity index (χ4v) is 2.86. The molecule has 3 heteroatoms. The van der Waals surface area contributed by atoms with E-state index in [-0.39, 0.29) is 6.04 Å². The molecule has 0 saturated carbocycles. The molecule has 1 rings (SSSR count). The zero-order valence-corrected chi connectivity index (χ0v) is 14.4. The third kappa shape index (κ3) is 5.15. The number of benzene rings is 1. The Labute approximate surface area is 126 Å². The maximum Gasteiger partial charge on any atom is 0.0511 e. The zero-order valence-electron chi connectivity index (χ0n) is 12.8. The Bertz CT molecular complexity index is 390. The molecular formula is C16H27BrN2. The number of hydrogen-bond donors (Lipinski definition) is 1. The van der Waals surface area contributed by atoms with Gasteiger partial charge in [-0.25, -0.2) is 0 Å². The van der Waals surface area contributed by atoms with Crippen molar-refractivity contribution in [2.45, 2.75) is 40.7 Å². The minimum Gasteiger partial charge on any atom is -0.370 e. The zero-order chi connectivity index (χ0) is 14.6. The van der Waals surface area contributed by atoms with Crippen molar-refractivity contribution in [1.82, 2.24) is 0 Å². The molecule has 0 saturated heterocycles. The molecule has 0 radical (unpaired) electrons. The highest BCUT2D eigenvalue weighted by Crippen LogP contribution is 2.30. The van der Waals surface area contributed by atoms with Gasteiger partial charge in [0.05, 0.1) is 5.69 Å². The first kappa shape index (κ1) is 16.5. The van der Waals surface area contributed by atoms with Gasteiger partial charge < -0.3 is 10.6 Å². The van der Waals surface area contributed by atoms with Crippen molar-refractivity contribution in [3.8, 4) is 0 Å². The fourth-order valence-electron chi connectivity index (χ4n) is 2.22. The Kier molecular flexibility index (Phi) is 6.34. The average molecular weight is 327 g/mol. The summed E-state index contributed by atoms with van der Waals surface area (Å²) in [5.74, 6) is 1.30. The van der Waals surface area contributed by atoms with E-state index in [2.05, 4.69) is 66.7 Å². The molecule has 0 unspecified atom stereocenters. The summed E-state index contributed by atoms with van der Waals surface area (Å²) >= 11 is 3.70. The summed E-state index contributed by atoms with van der Waals surface area (Å²) in [6.45, 7) is 13.2. The van der Waals surface area contributed by atoms with E-state index in [0.717, 1.165) is 17.6 Å². The van der Waals surface area contributed by atoms with Crippen molar-refractivity contribution in [3.05, 3.63) is 28.2 Å². The van der Waals surface area contributed by atoms with E-state index in [4.69, 9.17) is 5.73 Å². The maximum atomic E-state index is 5.94. The van der Waals surface area contributed by atoms with E-state index in [1.165, 1.54) is 11.3 Å². The Hall–Kier alpha value is -0.540. The van der Waals surface area contributed by atoms with Gasteiger partial charge >= 0.3 is 0 Å². The molecule has 0 heterocycles. The number of halogens is 1. The van der Waals surface area contributed by atoms with E-state index in [0.29, 0.717) is 11.8 Å². The standard InChI is InChI=1S/C16H27BrN2/c1-11(2)9-19(10-12(3)4)16-7-6-14(13(5)18)8-15(16)17/h6-8,11-13H,9-10,18H2,1-5H3/t13-/m1/s1. The van der Waals surface area contributed by atoms with Gasteiger partial charge in [-0.15, -0.1) is 0 Å². The molecule has 0 aromatic heterocycles. The van der Waals surface area contributed by atoms with Crippen LogP contribution in [0, 0.1) is 11.8 Å². The van der Waals surface area contributed by atoms with Gasteiger partial charge in [0, 0.05) is 23.6 Å². The highest BCUT2D eigenvalue weighted by Gasteiger charge is 2.14. The highest BCUT2D eigenvalue weighted by molar-refractivity contribution is 9.10. The molecule has 108 valence electrons. The van der Waals surface area contributed by atoms with Crippen LogP contribution in [0.5, 0.6) is 0 Å². The lowest BCUT2D eigenvalue weighted by molar-refractivity contribution is 0.552. The van der Waals surface area contributed by atoms with Crippen molar-refractivity contribution < 1.29 is 0 Å². The molecule has 2 N–H and O–H groups in total. The van der Waals surface area contributed by atoms with Crippen LogP contribution in [-0.2, 0) is 0 Å². The second-order valence-corrected chi connectivity index (χ2v) is 7.05. The van der Waals surface area contributed by atoms with Gasteiger partial charge in [-0.1, -0.05) is 33.8 Å². The first-order valence-electron chi connectivity index (χ1n) is 7.11. The van der Waals surface area contributed by atoms with Crippen molar-refractivity contribution in [2.24, 2.45) is 17.6 Å². The molecule has 0 bridgehead atoms. The quantitative estimate of drug-likeness (QED) is 0.828. The van der Waals surface area contributed by atoms with E-state index >= 15 is 0 Å². The molecule has 19 heavy (non-hydrogen) atoms. The van der Waals surface area contributed by atoms with Crippen LogP contribution in [0.2, 0.25) is 0 Å². The number of anilines is 1. The summed E-state index contributed by atoms with van der Waals surface area (Å²) in [6.07, 6.45) is 0. The van der Waals surface area contributed by atoms with Gasteiger partial charge in [0.15, 0.2) is 0 Å². The molecule has 0 fully saturated rings. The molecule has 2 nitrogen and oxygen atoms in total. The average Bonchev–Trinajstić information content (AvgIpc) is 2.26. The monoisotopic (exact) mass is 326 g/mol. The smallest absolute Gasteiger partial charge is 0.0511 e. The highest BCUT2D eigenvalue weighted by atomic mass is 79.9. The van der Waals surface area contributed by atoms with E-state index in [9.17, 15) is 0 Å². The third-order valence-electron chi connectivity index (χ3n) is 3.01. The van der Waals surface area contributed by atoms with Crippen LogP contribution in [-0.4, -0.2) is 13.1 Å². The number of nitrogens with zero attached hydrogens (tertiary/aromatic N) is 1. The SMILES string of the molecule is CC(C)CN(CC(C)C)c1ccc([C@@H](C)N)cc1Br. The first-order chi connectivity index (χ1) is 8.81. The summed E-state index contributed by atoms with van der Waals surface area (Å²) in [5.41, 5.74) is 8.38. The molecule has 1 atom stereocenters. The normalized spacial score (nSPS) is 13.1. The van der Waals surface area contributed by atoms with E-state index < -0.39 is 0 Å². The molecule has 0 spiro atoms. The second kappa shape index (κ2) is 7.30. The van der Waals surface area contributed by atoms with Crippen LogP contribution < -0.4 is 10.6 Å². The van der Waals surface area contributed by atoms with Crippen LogP contribution in [0.15, 0.2) is 22.7 Å².